The molecule has 1 rings (SSSR count). The minimum Gasteiger partial charge on any atom is -0.476 e. The maximum atomic E-state index is 11.3. The molecule has 9 heteroatoms. The predicted molar refractivity (Wildman–Crippen MR) is 66.8 cm³/mol. The van der Waals surface area contributed by atoms with Gasteiger partial charge in [0.25, 0.3) is 0 Å². The normalized spacial score (nSPS) is 10.1. The standard InChI is InChI=1S/C9H15N5O3S/c1-18-5-3-11-9(17)10-2-4-14-6-7(8(15)16)12-13-14/h6H,2-5H2,1H3,(H,15,16)(H2,10,11,17). The summed E-state index contributed by atoms with van der Waals surface area (Å²) in [5, 5.41) is 21.0. The van der Waals surface area contributed by atoms with E-state index >= 15 is 0 Å². The van der Waals surface area contributed by atoms with Crippen molar-refractivity contribution in [3.05, 3.63) is 11.9 Å². The predicted octanol–water partition coefficient (Wildman–Crippen LogP) is -0.361. The molecular weight excluding hydrogens is 258 g/mol. The minimum absolute atomic E-state index is 0.112. The molecule has 0 spiro atoms. The molecule has 0 bridgehead atoms. The summed E-state index contributed by atoms with van der Waals surface area (Å²) in [5.41, 5.74) is -0.112. The maximum absolute atomic E-state index is 11.3. The molecule has 1 aromatic heterocycles. The minimum atomic E-state index is -1.12. The van der Waals surface area contributed by atoms with Gasteiger partial charge in [0.15, 0.2) is 5.69 Å². The Morgan fingerprint density at radius 3 is 2.78 bits per heavy atom. The summed E-state index contributed by atoms with van der Waals surface area (Å²) in [5.74, 6) is -0.262. The van der Waals surface area contributed by atoms with Gasteiger partial charge < -0.3 is 15.7 Å². The van der Waals surface area contributed by atoms with Gasteiger partial charge in [-0.2, -0.15) is 11.8 Å². The van der Waals surface area contributed by atoms with Crippen LogP contribution in [0.15, 0.2) is 6.20 Å². The largest absolute Gasteiger partial charge is 0.476 e. The molecule has 0 fully saturated rings. The lowest BCUT2D eigenvalue weighted by atomic mass is 10.5. The van der Waals surface area contributed by atoms with Gasteiger partial charge in [-0.3, -0.25) is 0 Å². The summed E-state index contributed by atoms with van der Waals surface area (Å²) >= 11 is 1.65. The van der Waals surface area contributed by atoms with Gasteiger partial charge in [0.1, 0.15) is 0 Å². The fraction of sp³-hybridized carbons (Fsp3) is 0.556. The Balaban J connectivity index is 2.20. The summed E-state index contributed by atoms with van der Waals surface area (Å²) in [7, 11) is 0. The van der Waals surface area contributed by atoms with Crippen LogP contribution in [-0.4, -0.2) is 57.2 Å². The third-order valence-corrected chi connectivity index (χ3v) is 2.59. The number of urea groups is 1. The summed E-state index contributed by atoms with van der Waals surface area (Å²) < 4.78 is 1.37. The highest BCUT2D eigenvalue weighted by atomic mass is 32.2. The highest BCUT2D eigenvalue weighted by Gasteiger charge is 2.07. The number of carbonyl (C=O) groups is 2. The number of carbonyl (C=O) groups excluding carboxylic acids is 1. The van der Waals surface area contributed by atoms with E-state index in [1.807, 2.05) is 6.26 Å². The third kappa shape index (κ3) is 5.04. The average molecular weight is 273 g/mol. The number of thioether (sulfide) groups is 1. The number of aromatic carboxylic acids is 1. The molecule has 0 aliphatic heterocycles. The molecule has 3 N–H and O–H groups in total. The second-order valence-corrected chi connectivity index (χ2v) is 4.33. The number of rotatable bonds is 7. The number of carboxylic acids is 1. The Hall–Kier alpha value is -1.77. The Bertz CT molecular complexity index is 409. The molecule has 1 aromatic rings. The highest BCUT2D eigenvalue weighted by Crippen LogP contribution is 1.91. The zero-order chi connectivity index (χ0) is 13.4. The smallest absolute Gasteiger partial charge is 0.358 e. The van der Waals surface area contributed by atoms with Gasteiger partial charge in [-0.05, 0) is 6.26 Å². The second-order valence-electron chi connectivity index (χ2n) is 3.35. The number of hydrogen-bond acceptors (Lipinski definition) is 5. The van der Waals surface area contributed by atoms with E-state index in [2.05, 4.69) is 20.9 Å². The fourth-order valence-electron chi connectivity index (χ4n) is 1.12. The van der Waals surface area contributed by atoms with Crippen LogP contribution in [0, 0.1) is 0 Å². The van der Waals surface area contributed by atoms with Crippen LogP contribution >= 0.6 is 11.8 Å². The van der Waals surface area contributed by atoms with Crippen LogP contribution in [0.2, 0.25) is 0 Å². The van der Waals surface area contributed by atoms with Gasteiger partial charge in [-0.1, -0.05) is 5.21 Å². The molecular formula is C9H15N5O3S. The van der Waals surface area contributed by atoms with Crippen molar-refractivity contribution in [2.75, 3.05) is 25.1 Å². The van der Waals surface area contributed by atoms with E-state index in [0.29, 0.717) is 19.6 Å². The Labute approximate surface area is 108 Å². The molecule has 1 heterocycles. The van der Waals surface area contributed by atoms with Crippen LogP contribution in [0.4, 0.5) is 4.79 Å². The first kappa shape index (κ1) is 14.3. The van der Waals surface area contributed by atoms with E-state index in [1.54, 1.807) is 11.8 Å². The molecule has 0 aromatic carbocycles. The first-order valence-electron chi connectivity index (χ1n) is 5.27. The lowest BCUT2D eigenvalue weighted by molar-refractivity contribution is 0.0690. The van der Waals surface area contributed by atoms with E-state index in [9.17, 15) is 9.59 Å². The first-order chi connectivity index (χ1) is 8.63. The van der Waals surface area contributed by atoms with Crippen molar-refractivity contribution in [2.45, 2.75) is 6.54 Å². The Kier molecular flexibility index (Phi) is 5.98. The van der Waals surface area contributed by atoms with Crippen molar-refractivity contribution in [1.29, 1.82) is 0 Å². The summed E-state index contributed by atoms with van der Waals surface area (Å²) in [6.07, 6.45) is 3.28. The van der Waals surface area contributed by atoms with Crippen molar-refractivity contribution >= 4 is 23.8 Å². The molecule has 0 atom stereocenters. The second kappa shape index (κ2) is 7.54. The zero-order valence-electron chi connectivity index (χ0n) is 9.92. The van der Waals surface area contributed by atoms with Crippen molar-refractivity contribution < 1.29 is 14.7 Å². The molecule has 0 aliphatic rings. The SMILES string of the molecule is CSCCNC(=O)NCCn1cc(C(=O)O)nn1. The number of amides is 2. The number of aromatic nitrogens is 3. The molecule has 0 aliphatic carbocycles. The topological polar surface area (TPSA) is 109 Å². The van der Waals surface area contributed by atoms with Crippen LogP contribution in [0.25, 0.3) is 0 Å². The first-order valence-corrected chi connectivity index (χ1v) is 6.67. The zero-order valence-corrected chi connectivity index (χ0v) is 10.7. The molecule has 0 radical (unpaired) electrons. The van der Waals surface area contributed by atoms with Crippen LogP contribution in [0.3, 0.4) is 0 Å². The molecule has 0 saturated heterocycles. The average Bonchev–Trinajstić information content (AvgIpc) is 2.78. The third-order valence-electron chi connectivity index (χ3n) is 1.98. The van der Waals surface area contributed by atoms with Crippen LogP contribution in [0.5, 0.6) is 0 Å². The van der Waals surface area contributed by atoms with Gasteiger partial charge >= 0.3 is 12.0 Å². The summed E-state index contributed by atoms with van der Waals surface area (Å²) in [6, 6.07) is -0.248. The lowest BCUT2D eigenvalue weighted by Crippen LogP contribution is -2.38. The van der Waals surface area contributed by atoms with Gasteiger partial charge in [-0.25, -0.2) is 14.3 Å². The van der Waals surface area contributed by atoms with E-state index in [0.717, 1.165) is 5.75 Å². The molecule has 2 amide bonds. The number of nitrogens with one attached hydrogen (secondary N) is 2. The van der Waals surface area contributed by atoms with Crippen LogP contribution in [0.1, 0.15) is 10.5 Å². The van der Waals surface area contributed by atoms with E-state index < -0.39 is 5.97 Å². The molecule has 8 nitrogen and oxygen atoms in total. The molecule has 0 saturated carbocycles. The van der Waals surface area contributed by atoms with E-state index in [1.165, 1.54) is 10.9 Å². The van der Waals surface area contributed by atoms with Crippen molar-refractivity contribution in [2.24, 2.45) is 0 Å². The van der Waals surface area contributed by atoms with E-state index in [-0.39, 0.29) is 11.7 Å². The maximum Gasteiger partial charge on any atom is 0.358 e. The monoisotopic (exact) mass is 273 g/mol. The van der Waals surface area contributed by atoms with Crippen molar-refractivity contribution in [3.63, 3.8) is 0 Å². The highest BCUT2D eigenvalue weighted by molar-refractivity contribution is 7.98. The van der Waals surface area contributed by atoms with Crippen LogP contribution in [-0.2, 0) is 6.54 Å². The van der Waals surface area contributed by atoms with Gasteiger partial charge in [0.2, 0.25) is 0 Å². The van der Waals surface area contributed by atoms with E-state index in [4.69, 9.17) is 5.11 Å². The van der Waals surface area contributed by atoms with Gasteiger partial charge in [0, 0.05) is 18.8 Å². The summed E-state index contributed by atoms with van der Waals surface area (Å²) in [4.78, 5) is 21.8. The Morgan fingerprint density at radius 2 is 2.17 bits per heavy atom. The molecule has 0 unspecified atom stereocenters. The van der Waals surface area contributed by atoms with Gasteiger partial charge in [-0.15, -0.1) is 5.10 Å². The number of nitrogens with zero attached hydrogens (tertiary/aromatic N) is 3. The van der Waals surface area contributed by atoms with Crippen molar-refractivity contribution in [1.82, 2.24) is 25.6 Å². The number of carboxylic acid groups (broad SMARTS) is 1. The lowest BCUT2D eigenvalue weighted by Gasteiger charge is -2.06. The van der Waals surface area contributed by atoms with Gasteiger partial charge in [0.05, 0.1) is 12.7 Å². The quantitative estimate of drug-likeness (QED) is 0.585. The van der Waals surface area contributed by atoms with Crippen LogP contribution < -0.4 is 10.6 Å². The van der Waals surface area contributed by atoms with Crippen molar-refractivity contribution in [3.8, 4) is 0 Å². The fourth-order valence-corrected chi connectivity index (χ4v) is 1.42. The molecule has 100 valence electrons. The summed E-state index contributed by atoms with van der Waals surface area (Å²) in [6.45, 7) is 1.34. The number of hydrogen-bond donors (Lipinski definition) is 3. The molecule has 18 heavy (non-hydrogen) atoms. The Morgan fingerprint density at radius 1 is 1.44 bits per heavy atom.